The largest absolute Gasteiger partial charge is 0.390 e. The first kappa shape index (κ1) is 12.2. The molecule has 0 aromatic heterocycles. The van der Waals surface area contributed by atoms with Crippen LogP contribution in [0.1, 0.15) is 25.0 Å². The molecule has 15 heavy (non-hydrogen) atoms. The van der Waals surface area contributed by atoms with E-state index in [2.05, 4.69) is 0 Å². The molecule has 0 radical (unpaired) electrons. The van der Waals surface area contributed by atoms with Crippen LogP contribution in [0.15, 0.2) is 24.3 Å². The van der Waals surface area contributed by atoms with E-state index in [9.17, 15) is 10.2 Å². The molecule has 0 bridgehead atoms. The first-order chi connectivity index (χ1) is 7.00. The number of rotatable bonds is 4. The molecule has 2 heteroatoms. The molecule has 0 saturated heterocycles. The van der Waals surface area contributed by atoms with Crippen LogP contribution in [0.4, 0.5) is 0 Å². The zero-order valence-electron chi connectivity index (χ0n) is 9.64. The van der Waals surface area contributed by atoms with E-state index in [1.54, 1.807) is 0 Å². The Balaban J connectivity index is 2.62. The summed E-state index contributed by atoms with van der Waals surface area (Å²) in [4.78, 5) is 0. The van der Waals surface area contributed by atoms with Crippen molar-refractivity contribution in [3.05, 3.63) is 35.4 Å². The molecule has 2 atom stereocenters. The Labute approximate surface area is 91.6 Å². The van der Waals surface area contributed by atoms with Crippen molar-refractivity contribution in [3.63, 3.8) is 0 Å². The molecular weight excluding hydrogens is 188 g/mol. The van der Waals surface area contributed by atoms with E-state index in [0.717, 1.165) is 5.56 Å². The number of aliphatic hydroxyl groups is 2. The fourth-order valence-electron chi connectivity index (χ4n) is 1.65. The molecule has 2 unspecified atom stereocenters. The lowest BCUT2D eigenvalue weighted by molar-refractivity contribution is -0.00731. The molecule has 0 aliphatic heterocycles. The fourth-order valence-corrected chi connectivity index (χ4v) is 1.65. The van der Waals surface area contributed by atoms with Gasteiger partial charge >= 0.3 is 0 Å². The molecule has 2 N–H and O–H groups in total. The average molecular weight is 208 g/mol. The van der Waals surface area contributed by atoms with Gasteiger partial charge in [0, 0.05) is 6.42 Å². The van der Waals surface area contributed by atoms with E-state index in [1.165, 1.54) is 5.56 Å². The van der Waals surface area contributed by atoms with Gasteiger partial charge in [-0.3, -0.25) is 0 Å². The highest BCUT2D eigenvalue weighted by molar-refractivity contribution is 5.22. The van der Waals surface area contributed by atoms with Crippen LogP contribution in [-0.2, 0) is 6.42 Å². The molecule has 0 aliphatic rings. The molecular formula is C13H20O2. The van der Waals surface area contributed by atoms with Gasteiger partial charge in [0.25, 0.3) is 0 Å². The normalized spacial score (nSPS) is 15.3. The predicted molar refractivity (Wildman–Crippen MR) is 61.7 cm³/mol. The molecule has 1 rings (SSSR count). The monoisotopic (exact) mass is 208 g/mol. The predicted octanol–water partition coefficient (Wildman–Crippen LogP) is 1.92. The molecule has 0 saturated carbocycles. The maximum Gasteiger partial charge on any atom is 0.0841 e. The molecule has 1 aromatic rings. The van der Waals surface area contributed by atoms with E-state index in [4.69, 9.17) is 0 Å². The van der Waals surface area contributed by atoms with Gasteiger partial charge in [0.15, 0.2) is 0 Å². The van der Waals surface area contributed by atoms with Crippen LogP contribution < -0.4 is 0 Å². The first-order valence-corrected chi connectivity index (χ1v) is 5.42. The molecule has 2 nitrogen and oxygen atoms in total. The molecule has 1 aromatic carbocycles. The van der Waals surface area contributed by atoms with E-state index in [-0.39, 0.29) is 5.92 Å². The molecule has 0 aliphatic carbocycles. The molecule has 0 amide bonds. The number of hydrogen-bond donors (Lipinski definition) is 2. The van der Waals surface area contributed by atoms with Crippen molar-refractivity contribution in [2.24, 2.45) is 5.92 Å². The summed E-state index contributed by atoms with van der Waals surface area (Å²) in [6.07, 6.45) is -0.807. The van der Waals surface area contributed by atoms with E-state index < -0.39 is 12.2 Å². The van der Waals surface area contributed by atoms with Crippen LogP contribution in [-0.4, -0.2) is 22.4 Å². The van der Waals surface area contributed by atoms with Gasteiger partial charge in [-0.05, 0) is 18.4 Å². The van der Waals surface area contributed by atoms with Gasteiger partial charge in [-0.25, -0.2) is 0 Å². The van der Waals surface area contributed by atoms with E-state index in [0.29, 0.717) is 6.42 Å². The van der Waals surface area contributed by atoms with Crippen molar-refractivity contribution in [2.45, 2.75) is 39.4 Å². The third-order valence-electron chi connectivity index (χ3n) is 2.60. The molecule has 0 heterocycles. The summed E-state index contributed by atoms with van der Waals surface area (Å²) in [6.45, 7) is 5.84. The number of aliphatic hydroxyl groups excluding tert-OH is 2. The average Bonchev–Trinajstić information content (AvgIpc) is 2.16. The Bertz CT molecular complexity index is 307. The second-order valence-corrected chi connectivity index (χ2v) is 4.50. The smallest absolute Gasteiger partial charge is 0.0841 e. The summed E-state index contributed by atoms with van der Waals surface area (Å²) in [7, 11) is 0. The molecule has 0 spiro atoms. The topological polar surface area (TPSA) is 40.5 Å². The standard InChI is InChI=1S/C13H20O2/c1-9(2)13(15)12(14)8-11-6-4-5-10(3)7-11/h4-7,9,12-15H,8H2,1-3H3. The summed E-state index contributed by atoms with van der Waals surface area (Å²) in [6, 6.07) is 8.01. The zero-order chi connectivity index (χ0) is 11.4. The summed E-state index contributed by atoms with van der Waals surface area (Å²) in [5, 5.41) is 19.5. The minimum atomic E-state index is -0.674. The number of aryl methyl sites for hydroxylation is 1. The van der Waals surface area contributed by atoms with Crippen molar-refractivity contribution in [2.75, 3.05) is 0 Å². The van der Waals surface area contributed by atoms with Crippen molar-refractivity contribution < 1.29 is 10.2 Å². The lowest BCUT2D eigenvalue weighted by Crippen LogP contribution is -2.32. The van der Waals surface area contributed by atoms with Gasteiger partial charge in [0.1, 0.15) is 0 Å². The van der Waals surface area contributed by atoms with E-state index in [1.807, 2.05) is 45.0 Å². The molecule has 84 valence electrons. The van der Waals surface area contributed by atoms with Crippen LogP contribution >= 0.6 is 0 Å². The maximum atomic E-state index is 9.78. The van der Waals surface area contributed by atoms with Gasteiger partial charge in [-0.2, -0.15) is 0 Å². The second kappa shape index (κ2) is 5.29. The van der Waals surface area contributed by atoms with Gasteiger partial charge in [-0.1, -0.05) is 43.7 Å². The molecule has 0 fully saturated rings. The van der Waals surface area contributed by atoms with Crippen LogP contribution in [0.3, 0.4) is 0 Å². The van der Waals surface area contributed by atoms with Crippen molar-refractivity contribution in [1.29, 1.82) is 0 Å². The van der Waals surface area contributed by atoms with Gasteiger partial charge < -0.3 is 10.2 Å². The fraction of sp³-hybridized carbons (Fsp3) is 0.538. The highest BCUT2D eigenvalue weighted by Crippen LogP contribution is 2.13. The lowest BCUT2D eigenvalue weighted by atomic mass is 9.96. The maximum absolute atomic E-state index is 9.78. The quantitative estimate of drug-likeness (QED) is 0.793. The summed E-state index contributed by atoms with van der Waals surface area (Å²) >= 11 is 0. The second-order valence-electron chi connectivity index (χ2n) is 4.50. The van der Waals surface area contributed by atoms with Crippen molar-refractivity contribution >= 4 is 0 Å². The van der Waals surface area contributed by atoms with Gasteiger partial charge in [-0.15, -0.1) is 0 Å². The van der Waals surface area contributed by atoms with Gasteiger partial charge in [0.05, 0.1) is 12.2 Å². The van der Waals surface area contributed by atoms with Crippen LogP contribution in [0.5, 0.6) is 0 Å². The Kier molecular flexibility index (Phi) is 4.30. The summed E-state index contributed by atoms with van der Waals surface area (Å²) < 4.78 is 0. The summed E-state index contributed by atoms with van der Waals surface area (Å²) in [5.41, 5.74) is 2.25. The lowest BCUT2D eigenvalue weighted by Gasteiger charge is -2.21. The minimum Gasteiger partial charge on any atom is -0.390 e. The van der Waals surface area contributed by atoms with Crippen LogP contribution in [0, 0.1) is 12.8 Å². The third kappa shape index (κ3) is 3.65. The highest BCUT2D eigenvalue weighted by atomic mass is 16.3. The minimum absolute atomic E-state index is 0.0878. The Morgan fingerprint density at radius 1 is 1.20 bits per heavy atom. The van der Waals surface area contributed by atoms with Crippen LogP contribution in [0.2, 0.25) is 0 Å². The van der Waals surface area contributed by atoms with Crippen molar-refractivity contribution in [3.8, 4) is 0 Å². The summed E-state index contributed by atoms with van der Waals surface area (Å²) in [5.74, 6) is 0.0878. The first-order valence-electron chi connectivity index (χ1n) is 5.42. The Morgan fingerprint density at radius 3 is 2.40 bits per heavy atom. The van der Waals surface area contributed by atoms with Crippen molar-refractivity contribution in [1.82, 2.24) is 0 Å². The van der Waals surface area contributed by atoms with Gasteiger partial charge in [0.2, 0.25) is 0 Å². The van der Waals surface area contributed by atoms with E-state index >= 15 is 0 Å². The Hall–Kier alpha value is -0.860. The number of benzene rings is 1. The zero-order valence-corrected chi connectivity index (χ0v) is 9.64. The van der Waals surface area contributed by atoms with Crippen LogP contribution in [0.25, 0.3) is 0 Å². The SMILES string of the molecule is Cc1cccc(CC(O)C(O)C(C)C)c1. The highest BCUT2D eigenvalue weighted by Gasteiger charge is 2.19. The third-order valence-corrected chi connectivity index (χ3v) is 2.60. The number of hydrogen-bond acceptors (Lipinski definition) is 2. The Morgan fingerprint density at radius 2 is 1.87 bits per heavy atom.